The van der Waals surface area contributed by atoms with Gasteiger partial charge < -0.3 is 14.9 Å². The molecule has 98 valence electrons. The highest BCUT2D eigenvalue weighted by molar-refractivity contribution is 5.87. The number of likely N-dealkylation sites (tertiary alicyclic amines) is 1. The van der Waals surface area contributed by atoms with Gasteiger partial charge in [0.15, 0.2) is 0 Å². The van der Waals surface area contributed by atoms with E-state index >= 15 is 0 Å². The Bertz CT molecular complexity index is 419. The van der Waals surface area contributed by atoms with Gasteiger partial charge in [-0.2, -0.15) is 0 Å². The Balaban J connectivity index is 2.00. The molecule has 2 heterocycles. The third-order valence-electron chi connectivity index (χ3n) is 3.54. The van der Waals surface area contributed by atoms with E-state index in [1.807, 2.05) is 7.05 Å². The molecule has 1 N–H and O–H groups in total. The summed E-state index contributed by atoms with van der Waals surface area (Å²) in [6.45, 7) is 2.08. The van der Waals surface area contributed by atoms with Crippen molar-refractivity contribution in [3.8, 4) is 0 Å². The van der Waals surface area contributed by atoms with Gasteiger partial charge in [0.05, 0.1) is 5.56 Å². The number of hydrogen-bond donors (Lipinski definition) is 1. The van der Waals surface area contributed by atoms with Crippen molar-refractivity contribution in [1.29, 1.82) is 0 Å². The molecule has 0 radical (unpaired) electrons. The molecule has 0 amide bonds. The van der Waals surface area contributed by atoms with E-state index in [4.69, 9.17) is 5.11 Å². The van der Waals surface area contributed by atoms with Crippen LogP contribution in [-0.4, -0.2) is 54.2 Å². The first kappa shape index (κ1) is 12.8. The summed E-state index contributed by atoms with van der Waals surface area (Å²) in [6, 6.07) is 3.92. The van der Waals surface area contributed by atoms with Gasteiger partial charge in [0.1, 0.15) is 5.82 Å². The van der Waals surface area contributed by atoms with Gasteiger partial charge in [-0.1, -0.05) is 0 Å². The number of aromatic carboxylic acids is 1. The number of anilines is 1. The monoisotopic (exact) mass is 249 g/mol. The summed E-state index contributed by atoms with van der Waals surface area (Å²) >= 11 is 0. The number of aromatic nitrogens is 1. The zero-order valence-electron chi connectivity index (χ0n) is 10.8. The second-order valence-corrected chi connectivity index (χ2v) is 4.87. The Morgan fingerprint density at radius 2 is 2.39 bits per heavy atom. The van der Waals surface area contributed by atoms with Crippen LogP contribution in [0.5, 0.6) is 0 Å². The highest BCUT2D eigenvalue weighted by atomic mass is 16.4. The number of rotatable bonds is 4. The van der Waals surface area contributed by atoms with Crippen LogP contribution in [0.15, 0.2) is 18.3 Å². The van der Waals surface area contributed by atoms with Crippen molar-refractivity contribution < 1.29 is 9.90 Å². The minimum Gasteiger partial charge on any atom is -0.478 e. The fourth-order valence-electron chi connectivity index (χ4n) is 2.36. The molecule has 2 rings (SSSR count). The first-order valence-corrected chi connectivity index (χ1v) is 6.18. The smallest absolute Gasteiger partial charge is 0.337 e. The predicted octanol–water partition coefficient (Wildman–Crippen LogP) is 1.31. The summed E-state index contributed by atoms with van der Waals surface area (Å²) in [5, 5.41) is 8.82. The standard InChI is InChI=1S/C13H19N3O2/c1-15-7-3-4-11(15)9-16(2)12-6-5-10(8-14-12)13(17)18/h5-6,8,11H,3-4,7,9H2,1-2H3,(H,17,18). The Labute approximate surface area is 107 Å². The van der Waals surface area contributed by atoms with Crippen LogP contribution in [0.4, 0.5) is 5.82 Å². The summed E-state index contributed by atoms with van der Waals surface area (Å²) in [7, 11) is 4.14. The van der Waals surface area contributed by atoms with Crippen LogP contribution in [0.25, 0.3) is 0 Å². The van der Waals surface area contributed by atoms with E-state index in [0.717, 1.165) is 18.9 Å². The third-order valence-corrected chi connectivity index (χ3v) is 3.54. The van der Waals surface area contributed by atoms with E-state index in [-0.39, 0.29) is 5.56 Å². The van der Waals surface area contributed by atoms with E-state index in [9.17, 15) is 4.79 Å². The molecule has 18 heavy (non-hydrogen) atoms. The fourth-order valence-corrected chi connectivity index (χ4v) is 2.36. The maximum absolute atomic E-state index is 10.7. The molecule has 5 nitrogen and oxygen atoms in total. The molecule has 1 atom stereocenters. The second-order valence-electron chi connectivity index (χ2n) is 4.87. The molecule has 1 aromatic rings. The highest BCUT2D eigenvalue weighted by Crippen LogP contribution is 2.18. The molecule has 1 aromatic heterocycles. The molecule has 0 aliphatic carbocycles. The van der Waals surface area contributed by atoms with Gasteiger partial charge in [0.2, 0.25) is 0 Å². The van der Waals surface area contributed by atoms with Gasteiger partial charge >= 0.3 is 5.97 Å². The van der Waals surface area contributed by atoms with Crippen LogP contribution in [0.1, 0.15) is 23.2 Å². The van der Waals surface area contributed by atoms with Gasteiger partial charge in [-0.25, -0.2) is 9.78 Å². The molecule has 1 fully saturated rings. The normalized spacial score (nSPS) is 20.0. The molecule has 1 aliphatic heterocycles. The first-order valence-electron chi connectivity index (χ1n) is 6.18. The molecule has 5 heteroatoms. The Hall–Kier alpha value is -1.62. The fraction of sp³-hybridized carbons (Fsp3) is 0.538. The Morgan fingerprint density at radius 1 is 1.61 bits per heavy atom. The van der Waals surface area contributed by atoms with Gasteiger partial charge in [0.25, 0.3) is 0 Å². The maximum atomic E-state index is 10.7. The Kier molecular flexibility index (Phi) is 3.81. The predicted molar refractivity (Wildman–Crippen MR) is 70.1 cm³/mol. The van der Waals surface area contributed by atoms with Crippen LogP contribution >= 0.6 is 0 Å². The summed E-state index contributed by atoms with van der Waals surface area (Å²) < 4.78 is 0. The molecule has 1 aliphatic rings. The van der Waals surface area contributed by atoms with Crippen LogP contribution in [0, 0.1) is 0 Å². The van der Waals surface area contributed by atoms with Crippen molar-refractivity contribution >= 4 is 11.8 Å². The summed E-state index contributed by atoms with van der Waals surface area (Å²) in [5.74, 6) is -0.118. The minimum absolute atomic E-state index is 0.227. The maximum Gasteiger partial charge on any atom is 0.337 e. The highest BCUT2D eigenvalue weighted by Gasteiger charge is 2.22. The number of likely N-dealkylation sites (N-methyl/N-ethyl adjacent to an activating group) is 2. The van der Waals surface area contributed by atoms with Gasteiger partial charge in [-0.3, -0.25) is 0 Å². The molecule has 0 spiro atoms. The van der Waals surface area contributed by atoms with Gasteiger partial charge in [-0.15, -0.1) is 0 Å². The lowest BCUT2D eigenvalue weighted by atomic mass is 10.2. The lowest BCUT2D eigenvalue weighted by Crippen LogP contribution is -2.36. The van der Waals surface area contributed by atoms with Crippen LogP contribution in [0.3, 0.4) is 0 Å². The average Bonchev–Trinajstić information content (AvgIpc) is 2.75. The van der Waals surface area contributed by atoms with Gasteiger partial charge in [-0.05, 0) is 38.6 Å². The van der Waals surface area contributed by atoms with Crippen molar-refractivity contribution in [2.75, 3.05) is 32.1 Å². The van der Waals surface area contributed by atoms with E-state index in [0.29, 0.717) is 6.04 Å². The number of pyridine rings is 1. The minimum atomic E-state index is -0.938. The molecular weight excluding hydrogens is 230 g/mol. The SMILES string of the molecule is CN(CC1CCCN1C)c1ccc(C(=O)O)cn1. The number of carboxylic acids is 1. The van der Waals surface area contributed by atoms with E-state index in [2.05, 4.69) is 21.8 Å². The van der Waals surface area contributed by atoms with Crippen LogP contribution < -0.4 is 4.90 Å². The quantitative estimate of drug-likeness (QED) is 0.872. The Morgan fingerprint density at radius 3 is 2.89 bits per heavy atom. The summed E-state index contributed by atoms with van der Waals surface area (Å²) in [6.07, 6.45) is 3.88. The molecule has 1 saturated heterocycles. The molecule has 0 aromatic carbocycles. The van der Waals surface area contributed by atoms with Crippen molar-refractivity contribution in [1.82, 2.24) is 9.88 Å². The molecule has 0 bridgehead atoms. The average molecular weight is 249 g/mol. The van der Waals surface area contributed by atoms with Crippen molar-refractivity contribution in [2.45, 2.75) is 18.9 Å². The zero-order valence-corrected chi connectivity index (χ0v) is 10.8. The summed E-state index contributed by atoms with van der Waals surface area (Å²) in [5.41, 5.74) is 0.227. The van der Waals surface area contributed by atoms with Crippen LogP contribution in [-0.2, 0) is 0 Å². The number of hydrogen-bond acceptors (Lipinski definition) is 4. The van der Waals surface area contributed by atoms with E-state index in [1.54, 1.807) is 12.1 Å². The topological polar surface area (TPSA) is 56.7 Å². The van der Waals surface area contributed by atoms with Crippen LogP contribution in [0.2, 0.25) is 0 Å². The largest absolute Gasteiger partial charge is 0.478 e. The number of carbonyl (C=O) groups is 1. The third kappa shape index (κ3) is 2.79. The van der Waals surface area contributed by atoms with Gasteiger partial charge in [0, 0.05) is 25.8 Å². The zero-order chi connectivity index (χ0) is 13.1. The molecule has 1 unspecified atom stereocenters. The van der Waals surface area contributed by atoms with Crippen molar-refractivity contribution in [3.05, 3.63) is 23.9 Å². The first-order chi connectivity index (χ1) is 8.58. The lowest BCUT2D eigenvalue weighted by molar-refractivity contribution is 0.0696. The van der Waals surface area contributed by atoms with E-state index < -0.39 is 5.97 Å². The molecular formula is C13H19N3O2. The summed E-state index contributed by atoms with van der Waals surface area (Å²) in [4.78, 5) is 19.4. The number of nitrogens with zero attached hydrogens (tertiary/aromatic N) is 3. The lowest BCUT2D eigenvalue weighted by Gasteiger charge is -2.26. The van der Waals surface area contributed by atoms with Crippen molar-refractivity contribution in [2.24, 2.45) is 0 Å². The second kappa shape index (κ2) is 5.35. The van der Waals surface area contributed by atoms with Crippen molar-refractivity contribution in [3.63, 3.8) is 0 Å². The number of carboxylic acid groups (broad SMARTS) is 1. The van der Waals surface area contributed by atoms with E-state index in [1.165, 1.54) is 19.0 Å². The molecule has 0 saturated carbocycles.